The smallest absolute Gasteiger partial charge is 0.226 e. The molecule has 0 spiro atoms. The Morgan fingerprint density at radius 2 is 1.89 bits per heavy atom. The lowest BCUT2D eigenvalue weighted by Gasteiger charge is -2.40. The Kier molecular flexibility index (Phi) is 5.60. The van der Waals surface area contributed by atoms with Gasteiger partial charge in [0.2, 0.25) is 5.91 Å². The zero-order chi connectivity index (χ0) is 14.5. The van der Waals surface area contributed by atoms with Gasteiger partial charge in [0.25, 0.3) is 0 Å². The molecule has 0 radical (unpaired) electrons. The number of rotatable bonds is 5. The third kappa shape index (κ3) is 4.64. The first-order valence-electron chi connectivity index (χ1n) is 7.44. The maximum atomic E-state index is 12.7. The molecule has 1 rings (SSSR count). The fraction of sp³-hybridized carbons (Fsp3) is 0.812. The summed E-state index contributed by atoms with van der Waals surface area (Å²) < 4.78 is 0. The van der Waals surface area contributed by atoms with Crippen molar-refractivity contribution in [3.05, 3.63) is 12.7 Å². The highest BCUT2D eigenvalue weighted by molar-refractivity contribution is 5.83. The van der Waals surface area contributed by atoms with E-state index in [2.05, 4.69) is 24.1 Å². The number of nitrogens with one attached hydrogen (secondary N) is 2. The van der Waals surface area contributed by atoms with Gasteiger partial charge in [0.1, 0.15) is 0 Å². The highest BCUT2D eigenvalue weighted by Gasteiger charge is 2.41. The lowest BCUT2D eigenvalue weighted by Crippen LogP contribution is -2.52. The Morgan fingerprint density at radius 3 is 2.37 bits per heavy atom. The SMILES string of the molecule is C=CCCC(C)(C(=O)NC(C)(C)C)C1CCNCC1. The van der Waals surface area contributed by atoms with Crippen LogP contribution in [0.5, 0.6) is 0 Å². The molecule has 1 aliphatic rings. The van der Waals surface area contributed by atoms with Crippen molar-refractivity contribution in [3.63, 3.8) is 0 Å². The number of allylic oxidation sites excluding steroid dienone is 1. The summed E-state index contributed by atoms with van der Waals surface area (Å²) in [5.74, 6) is 0.671. The summed E-state index contributed by atoms with van der Waals surface area (Å²) >= 11 is 0. The molecular formula is C16H30N2O. The molecule has 1 amide bonds. The number of carbonyl (C=O) groups excluding carboxylic acids is 1. The van der Waals surface area contributed by atoms with Crippen LogP contribution in [-0.4, -0.2) is 24.5 Å². The Hall–Kier alpha value is -0.830. The van der Waals surface area contributed by atoms with Gasteiger partial charge in [-0.05, 0) is 65.5 Å². The number of hydrogen-bond donors (Lipinski definition) is 2. The van der Waals surface area contributed by atoms with Crippen LogP contribution in [-0.2, 0) is 4.79 Å². The number of hydrogen-bond acceptors (Lipinski definition) is 2. The lowest BCUT2D eigenvalue weighted by molar-refractivity contribution is -0.136. The van der Waals surface area contributed by atoms with Crippen molar-refractivity contribution in [1.29, 1.82) is 0 Å². The molecule has 110 valence electrons. The third-order valence-electron chi connectivity index (χ3n) is 4.12. The maximum absolute atomic E-state index is 12.7. The summed E-state index contributed by atoms with van der Waals surface area (Å²) in [6, 6.07) is 0. The van der Waals surface area contributed by atoms with Crippen molar-refractivity contribution in [2.24, 2.45) is 11.3 Å². The maximum Gasteiger partial charge on any atom is 0.226 e. The van der Waals surface area contributed by atoms with Gasteiger partial charge < -0.3 is 10.6 Å². The van der Waals surface area contributed by atoms with Gasteiger partial charge >= 0.3 is 0 Å². The Labute approximate surface area is 118 Å². The highest BCUT2D eigenvalue weighted by atomic mass is 16.2. The van der Waals surface area contributed by atoms with E-state index in [1.165, 1.54) is 0 Å². The monoisotopic (exact) mass is 266 g/mol. The average Bonchev–Trinajstić information content (AvgIpc) is 2.35. The van der Waals surface area contributed by atoms with E-state index in [-0.39, 0.29) is 16.9 Å². The summed E-state index contributed by atoms with van der Waals surface area (Å²) in [5.41, 5.74) is -0.441. The predicted molar refractivity (Wildman–Crippen MR) is 81.0 cm³/mol. The Morgan fingerprint density at radius 1 is 1.32 bits per heavy atom. The van der Waals surface area contributed by atoms with Crippen molar-refractivity contribution in [2.45, 2.75) is 58.9 Å². The van der Waals surface area contributed by atoms with Gasteiger partial charge in [0.05, 0.1) is 0 Å². The van der Waals surface area contributed by atoms with Crippen molar-refractivity contribution < 1.29 is 4.79 Å². The second kappa shape index (κ2) is 6.56. The van der Waals surface area contributed by atoms with E-state index < -0.39 is 0 Å². The molecule has 0 aromatic heterocycles. The molecule has 0 aromatic carbocycles. The fourth-order valence-corrected chi connectivity index (χ4v) is 2.85. The van der Waals surface area contributed by atoms with Crippen molar-refractivity contribution in [3.8, 4) is 0 Å². The summed E-state index contributed by atoms with van der Waals surface area (Å²) in [4.78, 5) is 12.7. The number of carbonyl (C=O) groups is 1. The number of amides is 1. The van der Waals surface area contributed by atoms with Crippen LogP contribution in [0.1, 0.15) is 53.4 Å². The van der Waals surface area contributed by atoms with Crippen LogP contribution in [0.4, 0.5) is 0 Å². The standard InChI is InChI=1S/C16H30N2O/c1-6-7-10-16(5,13-8-11-17-12-9-13)14(19)18-15(2,3)4/h6,13,17H,1,7-12H2,2-5H3,(H,18,19). The van der Waals surface area contributed by atoms with E-state index in [4.69, 9.17) is 0 Å². The van der Waals surface area contributed by atoms with E-state index in [1.807, 2.05) is 26.8 Å². The molecule has 1 fully saturated rings. The van der Waals surface area contributed by atoms with Crippen LogP contribution in [0.2, 0.25) is 0 Å². The minimum Gasteiger partial charge on any atom is -0.351 e. The second-order valence-corrected chi connectivity index (χ2v) is 6.97. The molecular weight excluding hydrogens is 236 g/mol. The van der Waals surface area contributed by atoms with Gasteiger partial charge in [-0.15, -0.1) is 6.58 Å². The normalized spacial score (nSPS) is 20.6. The second-order valence-electron chi connectivity index (χ2n) is 6.97. The quantitative estimate of drug-likeness (QED) is 0.751. The molecule has 1 aliphatic heterocycles. The molecule has 0 saturated carbocycles. The first-order valence-corrected chi connectivity index (χ1v) is 7.44. The predicted octanol–water partition coefficient (Wildman–Crippen LogP) is 2.87. The lowest BCUT2D eigenvalue weighted by atomic mass is 9.68. The van der Waals surface area contributed by atoms with Crippen LogP contribution in [0.25, 0.3) is 0 Å². The first-order chi connectivity index (χ1) is 8.79. The molecule has 1 heterocycles. The summed E-state index contributed by atoms with van der Waals surface area (Å²) in [6.45, 7) is 14.1. The van der Waals surface area contributed by atoms with Crippen molar-refractivity contribution >= 4 is 5.91 Å². The average molecular weight is 266 g/mol. The molecule has 0 bridgehead atoms. The van der Waals surface area contributed by atoms with Crippen LogP contribution >= 0.6 is 0 Å². The molecule has 2 N–H and O–H groups in total. The topological polar surface area (TPSA) is 41.1 Å². The largest absolute Gasteiger partial charge is 0.351 e. The zero-order valence-corrected chi connectivity index (χ0v) is 13.0. The third-order valence-corrected chi connectivity index (χ3v) is 4.12. The minimum absolute atomic E-state index is 0.167. The van der Waals surface area contributed by atoms with Gasteiger partial charge in [0.15, 0.2) is 0 Å². The van der Waals surface area contributed by atoms with Crippen LogP contribution < -0.4 is 10.6 Å². The van der Waals surface area contributed by atoms with E-state index in [1.54, 1.807) is 0 Å². The van der Waals surface area contributed by atoms with Crippen LogP contribution in [0.15, 0.2) is 12.7 Å². The molecule has 3 nitrogen and oxygen atoms in total. The van der Waals surface area contributed by atoms with Gasteiger partial charge in [-0.3, -0.25) is 4.79 Å². The van der Waals surface area contributed by atoms with Crippen LogP contribution in [0.3, 0.4) is 0 Å². The zero-order valence-electron chi connectivity index (χ0n) is 13.0. The van der Waals surface area contributed by atoms with Gasteiger partial charge in [-0.2, -0.15) is 0 Å². The van der Waals surface area contributed by atoms with Gasteiger partial charge in [-0.1, -0.05) is 13.0 Å². The Bertz CT molecular complexity index is 313. The summed E-state index contributed by atoms with van der Waals surface area (Å²) in [6.07, 6.45) is 5.89. The molecule has 1 saturated heterocycles. The molecule has 1 unspecified atom stereocenters. The first kappa shape index (κ1) is 16.2. The molecule has 0 aromatic rings. The van der Waals surface area contributed by atoms with Crippen LogP contribution in [0, 0.1) is 11.3 Å². The minimum atomic E-state index is -0.274. The molecule has 1 atom stereocenters. The molecule has 3 heteroatoms. The Balaban J connectivity index is 2.83. The van der Waals surface area contributed by atoms with Gasteiger partial charge in [0, 0.05) is 11.0 Å². The van der Waals surface area contributed by atoms with Crippen molar-refractivity contribution in [2.75, 3.05) is 13.1 Å². The van der Waals surface area contributed by atoms with E-state index in [9.17, 15) is 4.79 Å². The van der Waals surface area contributed by atoms with E-state index in [0.29, 0.717) is 5.92 Å². The fourth-order valence-electron chi connectivity index (χ4n) is 2.85. The molecule has 19 heavy (non-hydrogen) atoms. The van der Waals surface area contributed by atoms with E-state index >= 15 is 0 Å². The number of piperidine rings is 1. The summed E-state index contributed by atoms with van der Waals surface area (Å²) in [7, 11) is 0. The van der Waals surface area contributed by atoms with Gasteiger partial charge in [-0.25, -0.2) is 0 Å². The van der Waals surface area contributed by atoms with E-state index in [0.717, 1.165) is 38.8 Å². The highest BCUT2D eigenvalue weighted by Crippen LogP contribution is 2.38. The van der Waals surface area contributed by atoms with Crippen molar-refractivity contribution in [1.82, 2.24) is 10.6 Å². The molecule has 0 aliphatic carbocycles. The summed E-state index contributed by atoms with van der Waals surface area (Å²) in [5, 5.41) is 6.55.